The van der Waals surface area contributed by atoms with Gasteiger partial charge in [0.05, 0.1) is 5.75 Å². The SMILES string of the molecule is CN(CC1CC2CCC1C2)S(=O)(=O)CCCC(=O)O. The first kappa shape index (κ1) is 14.8. The van der Waals surface area contributed by atoms with E-state index in [0.717, 1.165) is 5.92 Å². The normalized spacial score (nSPS) is 30.1. The Kier molecular flexibility index (Phi) is 4.50. The van der Waals surface area contributed by atoms with E-state index in [0.29, 0.717) is 18.4 Å². The van der Waals surface area contributed by atoms with E-state index in [4.69, 9.17) is 5.11 Å². The van der Waals surface area contributed by atoms with Crippen molar-refractivity contribution in [2.75, 3.05) is 19.3 Å². The fraction of sp³-hybridized carbons (Fsp3) is 0.923. The van der Waals surface area contributed by atoms with Crippen molar-refractivity contribution in [2.45, 2.75) is 38.5 Å². The van der Waals surface area contributed by atoms with Crippen LogP contribution in [0.1, 0.15) is 38.5 Å². The van der Waals surface area contributed by atoms with Crippen LogP contribution in [0.15, 0.2) is 0 Å². The van der Waals surface area contributed by atoms with Gasteiger partial charge in [-0.1, -0.05) is 6.42 Å². The molecule has 110 valence electrons. The predicted octanol–water partition coefficient (Wildman–Crippen LogP) is 1.55. The largest absolute Gasteiger partial charge is 0.481 e. The van der Waals surface area contributed by atoms with Gasteiger partial charge in [-0.2, -0.15) is 0 Å². The highest BCUT2D eigenvalue weighted by Gasteiger charge is 2.40. The van der Waals surface area contributed by atoms with Crippen molar-refractivity contribution in [1.29, 1.82) is 0 Å². The maximum absolute atomic E-state index is 12.0. The number of hydrogen-bond donors (Lipinski definition) is 1. The fourth-order valence-electron chi connectivity index (χ4n) is 3.61. The lowest BCUT2D eigenvalue weighted by molar-refractivity contribution is -0.137. The van der Waals surface area contributed by atoms with Crippen LogP contribution in [0.4, 0.5) is 0 Å². The average Bonchev–Trinajstić information content (AvgIpc) is 2.89. The highest BCUT2D eigenvalue weighted by atomic mass is 32.2. The third-order valence-electron chi connectivity index (χ3n) is 4.64. The van der Waals surface area contributed by atoms with Crippen LogP contribution in [0.2, 0.25) is 0 Å². The van der Waals surface area contributed by atoms with Crippen LogP contribution in [-0.4, -0.2) is 43.1 Å². The van der Waals surface area contributed by atoms with Crippen molar-refractivity contribution in [3.8, 4) is 0 Å². The fourth-order valence-corrected chi connectivity index (χ4v) is 4.84. The summed E-state index contributed by atoms with van der Waals surface area (Å²) in [5.74, 6) is 1.04. The molecule has 5 nitrogen and oxygen atoms in total. The van der Waals surface area contributed by atoms with E-state index in [9.17, 15) is 13.2 Å². The molecular formula is C13H23NO4S. The molecule has 2 bridgehead atoms. The number of hydrogen-bond acceptors (Lipinski definition) is 3. The zero-order valence-corrected chi connectivity index (χ0v) is 12.2. The second-order valence-corrected chi connectivity index (χ2v) is 8.22. The third-order valence-corrected chi connectivity index (χ3v) is 6.55. The summed E-state index contributed by atoms with van der Waals surface area (Å²) in [6, 6.07) is 0. The number of nitrogens with zero attached hydrogens (tertiary/aromatic N) is 1. The molecule has 2 rings (SSSR count). The standard InChI is InChI=1S/C13H23NO4S/c1-14(19(17,18)6-2-3-13(15)16)9-12-8-10-4-5-11(12)7-10/h10-12H,2-9H2,1H3,(H,15,16). The van der Waals surface area contributed by atoms with Crippen LogP contribution < -0.4 is 0 Å². The molecule has 3 atom stereocenters. The minimum atomic E-state index is -3.29. The van der Waals surface area contributed by atoms with E-state index in [1.165, 1.54) is 30.0 Å². The predicted molar refractivity (Wildman–Crippen MR) is 72.2 cm³/mol. The second-order valence-electron chi connectivity index (χ2n) is 6.03. The highest BCUT2D eigenvalue weighted by Crippen LogP contribution is 2.48. The Morgan fingerprint density at radius 2 is 2.05 bits per heavy atom. The van der Waals surface area contributed by atoms with E-state index in [1.807, 2.05) is 0 Å². The third kappa shape index (κ3) is 3.69. The van der Waals surface area contributed by atoms with E-state index < -0.39 is 16.0 Å². The summed E-state index contributed by atoms with van der Waals surface area (Å²) in [6.07, 6.45) is 5.12. The van der Waals surface area contributed by atoms with E-state index in [1.54, 1.807) is 7.05 Å². The Labute approximate surface area is 115 Å². The van der Waals surface area contributed by atoms with E-state index in [2.05, 4.69) is 0 Å². The van der Waals surface area contributed by atoms with Gasteiger partial charge < -0.3 is 5.11 Å². The summed E-state index contributed by atoms with van der Waals surface area (Å²) in [4.78, 5) is 10.4. The van der Waals surface area contributed by atoms with Gasteiger partial charge >= 0.3 is 5.97 Å². The Balaban J connectivity index is 1.81. The smallest absolute Gasteiger partial charge is 0.303 e. The zero-order chi connectivity index (χ0) is 14.0. The van der Waals surface area contributed by atoms with Crippen molar-refractivity contribution in [3.05, 3.63) is 0 Å². The van der Waals surface area contributed by atoms with Gasteiger partial charge in [0.25, 0.3) is 0 Å². The molecule has 0 spiro atoms. The summed E-state index contributed by atoms with van der Waals surface area (Å²) in [5.41, 5.74) is 0. The number of rotatable bonds is 7. The number of carbonyl (C=O) groups is 1. The van der Waals surface area contributed by atoms with Gasteiger partial charge in [0.2, 0.25) is 10.0 Å². The lowest BCUT2D eigenvalue weighted by Gasteiger charge is -2.26. The molecule has 0 radical (unpaired) electrons. The van der Waals surface area contributed by atoms with Crippen LogP contribution in [0.3, 0.4) is 0 Å². The monoisotopic (exact) mass is 289 g/mol. The first-order valence-corrected chi connectivity index (χ1v) is 8.65. The van der Waals surface area contributed by atoms with Crippen LogP contribution in [0.25, 0.3) is 0 Å². The molecule has 2 aliphatic rings. The first-order valence-electron chi connectivity index (χ1n) is 7.04. The Morgan fingerprint density at radius 1 is 1.32 bits per heavy atom. The van der Waals surface area contributed by atoms with Crippen LogP contribution in [0, 0.1) is 17.8 Å². The highest BCUT2D eigenvalue weighted by molar-refractivity contribution is 7.89. The molecule has 0 aromatic rings. The average molecular weight is 289 g/mol. The molecule has 2 fully saturated rings. The number of aliphatic carboxylic acids is 1. The molecule has 0 saturated heterocycles. The summed E-state index contributed by atoms with van der Waals surface area (Å²) < 4.78 is 25.5. The van der Waals surface area contributed by atoms with Gasteiger partial charge in [0.15, 0.2) is 0 Å². The van der Waals surface area contributed by atoms with Gasteiger partial charge in [-0.3, -0.25) is 4.79 Å². The van der Waals surface area contributed by atoms with Gasteiger partial charge in [-0.15, -0.1) is 0 Å². The molecular weight excluding hydrogens is 266 g/mol. The Morgan fingerprint density at radius 3 is 2.58 bits per heavy atom. The molecule has 0 aromatic heterocycles. The summed E-state index contributed by atoms with van der Waals surface area (Å²) in [6.45, 7) is 0.608. The van der Waals surface area contributed by atoms with Crippen molar-refractivity contribution in [2.24, 2.45) is 17.8 Å². The van der Waals surface area contributed by atoms with E-state index in [-0.39, 0.29) is 18.6 Å². The molecule has 2 saturated carbocycles. The molecule has 0 amide bonds. The topological polar surface area (TPSA) is 74.7 Å². The van der Waals surface area contributed by atoms with Crippen LogP contribution in [-0.2, 0) is 14.8 Å². The molecule has 1 N–H and O–H groups in total. The molecule has 3 unspecified atom stereocenters. The lowest BCUT2D eigenvalue weighted by atomic mass is 9.89. The van der Waals surface area contributed by atoms with Gasteiger partial charge in [-0.05, 0) is 43.4 Å². The minimum absolute atomic E-state index is 0.0589. The lowest BCUT2D eigenvalue weighted by Crippen LogP contribution is -2.35. The summed E-state index contributed by atoms with van der Waals surface area (Å²) in [5, 5.41) is 8.54. The summed E-state index contributed by atoms with van der Waals surface area (Å²) >= 11 is 0. The number of sulfonamides is 1. The molecule has 0 heterocycles. The molecule has 2 aliphatic carbocycles. The van der Waals surface area contributed by atoms with E-state index >= 15 is 0 Å². The Bertz CT molecular complexity index is 434. The first-order chi connectivity index (χ1) is 8.88. The van der Waals surface area contributed by atoms with Gasteiger partial charge in [0.1, 0.15) is 0 Å². The minimum Gasteiger partial charge on any atom is -0.481 e. The summed E-state index contributed by atoms with van der Waals surface area (Å²) in [7, 11) is -1.66. The van der Waals surface area contributed by atoms with Crippen molar-refractivity contribution in [3.63, 3.8) is 0 Å². The van der Waals surface area contributed by atoms with Gasteiger partial charge in [0, 0.05) is 20.0 Å². The maximum atomic E-state index is 12.0. The quantitative estimate of drug-likeness (QED) is 0.771. The Hall–Kier alpha value is -0.620. The van der Waals surface area contributed by atoms with Gasteiger partial charge in [-0.25, -0.2) is 12.7 Å². The number of carboxylic acid groups (broad SMARTS) is 1. The molecule has 0 aliphatic heterocycles. The maximum Gasteiger partial charge on any atom is 0.303 e. The number of fused-ring (bicyclic) bond motifs is 2. The van der Waals surface area contributed by atoms with Crippen molar-refractivity contribution >= 4 is 16.0 Å². The second kappa shape index (κ2) is 5.79. The van der Waals surface area contributed by atoms with Crippen LogP contribution >= 0.6 is 0 Å². The molecule has 6 heteroatoms. The van der Waals surface area contributed by atoms with Crippen molar-refractivity contribution < 1.29 is 18.3 Å². The molecule has 19 heavy (non-hydrogen) atoms. The van der Waals surface area contributed by atoms with Crippen molar-refractivity contribution in [1.82, 2.24) is 4.31 Å². The zero-order valence-electron chi connectivity index (χ0n) is 11.4. The van der Waals surface area contributed by atoms with Crippen LogP contribution in [0.5, 0.6) is 0 Å². The number of carboxylic acids is 1. The molecule has 0 aromatic carbocycles.